The number of ether oxygens (including phenoxy) is 2. The van der Waals surface area contributed by atoms with Gasteiger partial charge in [0.15, 0.2) is 11.5 Å². The van der Waals surface area contributed by atoms with Crippen LogP contribution in [-0.2, 0) is 6.54 Å². The van der Waals surface area contributed by atoms with Crippen LogP contribution in [0.2, 0.25) is 0 Å². The summed E-state index contributed by atoms with van der Waals surface area (Å²) < 4.78 is 10.4. The summed E-state index contributed by atoms with van der Waals surface area (Å²) in [5, 5.41) is 4.04. The van der Waals surface area contributed by atoms with Crippen molar-refractivity contribution in [3.8, 4) is 11.5 Å². The van der Waals surface area contributed by atoms with Crippen molar-refractivity contribution >= 4 is 0 Å². The van der Waals surface area contributed by atoms with E-state index in [0.717, 1.165) is 23.6 Å². The highest BCUT2D eigenvalue weighted by molar-refractivity contribution is 5.44. The van der Waals surface area contributed by atoms with E-state index in [1.54, 1.807) is 7.05 Å². The Morgan fingerprint density at radius 1 is 1.33 bits per heavy atom. The second kappa shape index (κ2) is 3.03. The van der Waals surface area contributed by atoms with Crippen molar-refractivity contribution in [2.75, 3.05) is 13.8 Å². The molecule has 0 spiro atoms. The molecule has 64 valence electrons. The van der Waals surface area contributed by atoms with Crippen molar-refractivity contribution in [3.63, 3.8) is 0 Å². The Balaban J connectivity index is 2.26. The van der Waals surface area contributed by atoms with E-state index in [1.807, 2.05) is 18.2 Å². The van der Waals surface area contributed by atoms with Crippen LogP contribution in [0.5, 0.6) is 11.5 Å². The predicted octanol–water partition coefficient (Wildman–Crippen LogP) is 1.92. The fourth-order valence-electron chi connectivity index (χ4n) is 1.22. The van der Waals surface area contributed by atoms with Gasteiger partial charge in [0.25, 0.3) is 0 Å². The van der Waals surface area contributed by atoms with E-state index in [2.05, 4.69) is 5.32 Å². The molecule has 0 aliphatic carbocycles. The maximum absolute atomic E-state index is 5.22. The first kappa shape index (κ1) is 7.43. The molecule has 2 rings (SSSR count). The van der Waals surface area contributed by atoms with Crippen molar-refractivity contribution in [3.05, 3.63) is 29.1 Å². The third-order valence-corrected chi connectivity index (χ3v) is 1.78. The van der Waals surface area contributed by atoms with Crippen LogP contribution in [0.4, 0.5) is 0 Å². The Morgan fingerprint density at radius 2 is 2.17 bits per heavy atom. The van der Waals surface area contributed by atoms with Gasteiger partial charge in [0.1, 0.15) is 0 Å². The molecule has 1 aliphatic rings. The highest BCUT2D eigenvalue weighted by Crippen LogP contribution is 2.32. The van der Waals surface area contributed by atoms with E-state index >= 15 is 0 Å². The minimum atomic E-state index is 0.335. The van der Waals surface area contributed by atoms with Crippen LogP contribution < -0.4 is 9.47 Å². The Morgan fingerprint density at radius 3 is 3.00 bits per heavy atom. The summed E-state index contributed by atoms with van der Waals surface area (Å²) in [5.41, 5.74) is 1.15. The molecule has 0 N–H and O–H groups in total. The lowest BCUT2D eigenvalue weighted by Crippen LogP contribution is -1.92. The molecule has 0 amide bonds. The monoisotopic (exact) mass is 164 g/mol. The van der Waals surface area contributed by atoms with Gasteiger partial charge < -0.3 is 14.8 Å². The lowest BCUT2D eigenvalue weighted by molar-refractivity contribution is 0.174. The van der Waals surface area contributed by atoms with Crippen LogP contribution in [0.1, 0.15) is 5.56 Å². The molecular formula is C9H10NO2-. The van der Waals surface area contributed by atoms with Crippen LogP contribution in [0.25, 0.3) is 5.32 Å². The summed E-state index contributed by atoms with van der Waals surface area (Å²) in [5.74, 6) is 1.66. The van der Waals surface area contributed by atoms with Gasteiger partial charge in [0.05, 0.1) is 0 Å². The zero-order chi connectivity index (χ0) is 8.39. The molecule has 0 fully saturated rings. The molecule has 12 heavy (non-hydrogen) atoms. The number of rotatable bonds is 2. The summed E-state index contributed by atoms with van der Waals surface area (Å²) in [4.78, 5) is 0. The molecule has 0 unspecified atom stereocenters. The molecule has 0 radical (unpaired) electrons. The van der Waals surface area contributed by atoms with Gasteiger partial charge in [-0.1, -0.05) is 11.6 Å². The fraction of sp³-hybridized carbons (Fsp3) is 0.333. The molecule has 0 saturated carbocycles. The van der Waals surface area contributed by atoms with Crippen molar-refractivity contribution in [1.29, 1.82) is 0 Å². The molecular weight excluding hydrogens is 154 g/mol. The molecule has 3 nitrogen and oxygen atoms in total. The lowest BCUT2D eigenvalue weighted by atomic mass is 10.2. The number of hydrogen-bond donors (Lipinski definition) is 0. The van der Waals surface area contributed by atoms with Gasteiger partial charge >= 0.3 is 0 Å². The van der Waals surface area contributed by atoms with Gasteiger partial charge in [0.2, 0.25) is 6.79 Å². The Kier molecular flexibility index (Phi) is 1.87. The van der Waals surface area contributed by atoms with E-state index in [1.165, 1.54) is 0 Å². The average Bonchev–Trinajstić information content (AvgIpc) is 2.51. The summed E-state index contributed by atoms with van der Waals surface area (Å²) in [6.45, 7) is 1.07. The van der Waals surface area contributed by atoms with E-state index in [-0.39, 0.29) is 0 Å². The van der Waals surface area contributed by atoms with Crippen molar-refractivity contribution < 1.29 is 9.47 Å². The number of fused-ring (bicyclic) bond motifs is 1. The molecule has 1 aromatic carbocycles. The third-order valence-electron chi connectivity index (χ3n) is 1.78. The van der Waals surface area contributed by atoms with Crippen molar-refractivity contribution in [2.24, 2.45) is 0 Å². The van der Waals surface area contributed by atoms with E-state index in [9.17, 15) is 0 Å². The molecule has 1 aromatic rings. The van der Waals surface area contributed by atoms with Crippen molar-refractivity contribution in [2.45, 2.75) is 6.54 Å². The number of hydrogen-bond acceptors (Lipinski definition) is 2. The minimum Gasteiger partial charge on any atom is -0.661 e. The summed E-state index contributed by atoms with van der Waals surface area (Å²) in [6.07, 6.45) is 0. The van der Waals surface area contributed by atoms with Crippen LogP contribution in [-0.4, -0.2) is 13.8 Å². The first-order valence-corrected chi connectivity index (χ1v) is 3.84. The van der Waals surface area contributed by atoms with Gasteiger partial charge in [-0.15, -0.1) is 6.54 Å². The van der Waals surface area contributed by atoms with E-state index in [0.29, 0.717) is 6.79 Å². The second-order valence-electron chi connectivity index (χ2n) is 2.66. The Hall–Kier alpha value is -1.22. The van der Waals surface area contributed by atoms with Gasteiger partial charge in [-0.05, 0) is 12.1 Å². The molecule has 0 saturated heterocycles. The van der Waals surface area contributed by atoms with Crippen LogP contribution >= 0.6 is 0 Å². The largest absolute Gasteiger partial charge is 0.661 e. The van der Waals surface area contributed by atoms with E-state index in [4.69, 9.17) is 9.47 Å². The first-order chi connectivity index (χ1) is 5.90. The minimum absolute atomic E-state index is 0.335. The maximum Gasteiger partial charge on any atom is 0.231 e. The maximum atomic E-state index is 5.22. The lowest BCUT2D eigenvalue weighted by Gasteiger charge is -2.10. The number of nitrogens with zero attached hydrogens (tertiary/aromatic N) is 1. The molecule has 0 bridgehead atoms. The quantitative estimate of drug-likeness (QED) is 0.668. The highest BCUT2D eigenvalue weighted by Gasteiger charge is 2.11. The van der Waals surface area contributed by atoms with Gasteiger partial charge in [0, 0.05) is 0 Å². The first-order valence-electron chi connectivity index (χ1n) is 3.84. The highest BCUT2D eigenvalue weighted by atomic mass is 16.7. The molecule has 1 aliphatic heterocycles. The van der Waals surface area contributed by atoms with Crippen LogP contribution in [0, 0.1) is 0 Å². The third kappa shape index (κ3) is 1.23. The molecule has 1 heterocycles. The molecule has 0 aromatic heterocycles. The zero-order valence-electron chi connectivity index (χ0n) is 6.91. The normalized spacial score (nSPS) is 13.4. The smallest absolute Gasteiger partial charge is 0.231 e. The Labute approximate surface area is 71.3 Å². The zero-order valence-corrected chi connectivity index (χ0v) is 6.91. The fourth-order valence-corrected chi connectivity index (χ4v) is 1.22. The average molecular weight is 164 g/mol. The molecule has 3 heteroatoms. The van der Waals surface area contributed by atoms with Gasteiger partial charge in [-0.2, -0.15) is 7.05 Å². The summed E-state index contributed by atoms with van der Waals surface area (Å²) in [7, 11) is 1.80. The number of benzene rings is 1. The van der Waals surface area contributed by atoms with Crippen LogP contribution in [0.15, 0.2) is 18.2 Å². The van der Waals surface area contributed by atoms with Crippen molar-refractivity contribution in [1.82, 2.24) is 0 Å². The Bertz CT molecular complexity index is 286. The topological polar surface area (TPSA) is 32.6 Å². The van der Waals surface area contributed by atoms with Gasteiger partial charge in [-0.3, -0.25) is 0 Å². The van der Waals surface area contributed by atoms with Crippen LogP contribution in [0.3, 0.4) is 0 Å². The SMILES string of the molecule is C[N-]Cc1ccc2c(c1)OCO2. The van der Waals surface area contributed by atoms with E-state index < -0.39 is 0 Å². The standard InChI is InChI=1S/C9H10NO2/c1-10-5-7-2-3-8-9(4-7)12-6-11-8/h2-4H,5-6H2,1H3/q-1. The summed E-state index contributed by atoms with van der Waals surface area (Å²) >= 11 is 0. The molecule has 0 atom stereocenters. The predicted molar refractivity (Wildman–Crippen MR) is 45.6 cm³/mol. The summed E-state index contributed by atoms with van der Waals surface area (Å²) in [6, 6.07) is 5.89. The van der Waals surface area contributed by atoms with Gasteiger partial charge in [-0.25, -0.2) is 0 Å². The second-order valence-corrected chi connectivity index (χ2v) is 2.66.